The first kappa shape index (κ1) is 12.3. The summed E-state index contributed by atoms with van der Waals surface area (Å²) in [5.74, 6) is 6.59. The molecule has 0 aliphatic heterocycles. The second-order valence-electron chi connectivity index (χ2n) is 3.34. The van der Waals surface area contributed by atoms with Crippen LogP contribution in [0, 0.1) is 11.8 Å². The molecule has 17 heavy (non-hydrogen) atoms. The second kappa shape index (κ2) is 6.51. The van der Waals surface area contributed by atoms with Gasteiger partial charge in [-0.1, -0.05) is 36.1 Å². The molecule has 0 saturated heterocycles. The predicted octanol–water partition coefficient (Wildman–Crippen LogP) is 3.38. The summed E-state index contributed by atoms with van der Waals surface area (Å²) in [6, 6.07) is 12.3. The molecule has 3 heteroatoms. The smallest absolute Gasteiger partial charge is 0.104 e. The number of hydrogen-bond donors (Lipinski definition) is 1. The lowest BCUT2D eigenvalue weighted by molar-refractivity contribution is 0.350. The maximum Gasteiger partial charge on any atom is 0.104 e. The first-order chi connectivity index (χ1) is 8.40. The van der Waals surface area contributed by atoms with Crippen LogP contribution in [0.15, 0.2) is 46.0 Å². The van der Waals surface area contributed by atoms with Crippen LogP contribution in [0.1, 0.15) is 11.1 Å². The fraction of sp³-hybridized carbons (Fsp3) is 0.143. The van der Waals surface area contributed by atoms with E-state index in [-0.39, 0.29) is 6.61 Å². The van der Waals surface area contributed by atoms with Crippen LogP contribution >= 0.6 is 23.1 Å². The molecule has 1 nitrogen and oxygen atoms in total. The van der Waals surface area contributed by atoms with Gasteiger partial charge in [-0.05, 0) is 23.1 Å². The zero-order chi connectivity index (χ0) is 11.9. The third-order valence-corrected chi connectivity index (χ3v) is 4.36. The van der Waals surface area contributed by atoms with Crippen molar-refractivity contribution in [2.75, 3.05) is 6.61 Å². The molecule has 0 atom stereocenters. The van der Waals surface area contributed by atoms with Gasteiger partial charge in [-0.2, -0.15) is 0 Å². The number of thiophene rings is 1. The summed E-state index contributed by atoms with van der Waals surface area (Å²) in [7, 11) is 0. The van der Waals surface area contributed by atoms with Gasteiger partial charge in [0.2, 0.25) is 0 Å². The molecule has 0 spiro atoms. The van der Waals surface area contributed by atoms with Gasteiger partial charge in [0.1, 0.15) is 6.61 Å². The Balaban J connectivity index is 2.09. The van der Waals surface area contributed by atoms with Crippen LogP contribution in [0.3, 0.4) is 0 Å². The summed E-state index contributed by atoms with van der Waals surface area (Å²) in [4.78, 5) is 0. The molecule has 0 fully saturated rings. The van der Waals surface area contributed by atoms with E-state index in [2.05, 4.69) is 35.4 Å². The molecule has 1 aromatic carbocycles. The van der Waals surface area contributed by atoms with Gasteiger partial charge in [0.25, 0.3) is 0 Å². The zero-order valence-electron chi connectivity index (χ0n) is 9.22. The van der Waals surface area contributed by atoms with E-state index in [1.54, 1.807) is 11.3 Å². The van der Waals surface area contributed by atoms with Crippen molar-refractivity contribution in [1.29, 1.82) is 0 Å². The van der Waals surface area contributed by atoms with Crippen LogP contribution in [0.4, 0.5) is 0 Å². The van der Waals surface area contributed by atoms with Crippen LogP contribution < -0.4 is 0 Å². The molecule has 0 aliphatic carbocycles. The summed E-state index contributed by atoms with van der Waals surface area (Å²) in [5, 5.41) is 10.8. The third-order valence-electron chi connectivity index (χ3n) is 2.18. The average molecular weight is 260 g/mol. The Morgan fingerprint density at radius 1 is 1.18 bits per heavy atom. The van der Waals surface area contributed by atoms with E-state index < -0.39 is 0 Å². The molecule has 0 amide bonds. The van der Waals surface area contributed by atoms with Crippen molar-refractivity contribution in [2.24, 2.45) is 0 Å². The Hall–Kier alpha value is -1.21. The lowest BCUT2D eigenvalue weighted by atomic mass is 10.1. The lowest BCUT2D eigenvalue weighted by Crippen LogP contribution is -1.87. The summed E-state index contributed by atoms with van der Waals surface area (Å²) < 4.78 is 1.31. The van der Waals surface area contributed by atoms with Gasteiger partial charge in [0.15, 0.2) is 0 Å². The van der Waals surface area contributed by atoms with Crippen LogP contribution in [0.5, 0.6) is 0 Å². The number of rotatable bonds is 3. The highest BCUT2D eigenvalue weighted by molar-refractivity contribution is 8.00. The van der Waals surface area contributed by atoms with Gasteiger partial charge in [-0.15, -0.1) is 23.1 Å². The van der Waals surface area contributed by atoms with Gasteiger partial charge >= 0.3 is 0 Å². The van der Waals surface area contributed by atoms with Crippen molar-refractivity contribution in [1.82, 2.24) is 0 Å². The zero-order valence-corrected chi connectivity index (χ0v) is 10.9. The lowest BCUT2D eigenvalue weighted by Gasteiger charge is -2.02. The predicted molar refractivity (Wildman–Crippen MR) is 74.3 cm³/mol. The second-order valence-corrected chi connectivity index (χ2v) is 5.56. The summed E-state index contributed by atoms with van der Waals surface area (Å²) >= 11 is 3.57. The van der Waals surface area contributed by atoms with Crippen molar-refractivity contribution >= 4 is 23.1 Å². The molecule has 1 N–H and O–H groups in total. The SMILES string of the molecule is OCC#Cc1ccccc1CSc1cccs1. The minimum Gasteiger partial charge on any atom is -0.384 e. The maximum absolute atomic E-state index is 8.72. The fourth-order valence-electron chi connectivity index (χ4n) is 1.40. The van der Waals surface area contributed by atoms with Crippen molar-refractivity contribution < 1.29 is 5.11 Å². The molecule has 0 aliphatic rings. The molecule has 2 rings (SSSR count). The molecular weight excluding hydrogens is 248 g/mol. The quantitative estimate of drug-likeness (QED) is 0.674. The standard InChI is InChI=1S/C14H12OS2/c15-9-3-7-12-5-1-2-6-13(12)11-17-14-8-4-10-16-14/h1-2,4-6,8,10,15H,9,11H2. The van der Waals surface area contributed by atoms with Crippen LogP contribution in [-0.2, 0) is 5.75 Å². The maximum atomic E-state index is 8.72. The first-order valence-corrected chi connectivity index (χ1v) is 7.10. The molecule has 0 saturated carbocycles. The summed E-state index contributed by atoms with van der Waals surface area (Å²) in [6.45, 7) is -0.0909. The largest absolute Gasteiger partial charge is 0.384 e. The van der Waals surface area contributed by atoms with Gasteiger partial charge in [-0.3, -0.25) is 0 Å². The van der Waals surface area contributed by atoms with E-state index in [0.717, 1.165) is 11.3 Å². The number of aliphatic hydroxyl groups excluding tert-OH is 1. The molecule has 1 aromatic heterocycles. The van der Waals surface area contributed by atoms with E-state index >= 15 is 0 Å². The molecule has 0 unspecified atom stereocenters. The monoisotopic (exact) mass is 260 g/mol. The highest BCUT2D eigenvalue weighted by Gasteiger charge is 2.01. The van der Waals surface area contributed by atoms with E-state index in [1.165, 1.54) is 9.77 Å². The highest BCUT2D eigenvalue weighted by Crippen LogP contribution is 2.27. The Morgan fingerprint density at radius 3 is 2.82 bits per heavy atom. The van der Waals surface area contributed by atoms with Gasteiger partial charge in [0, 0.05) is 11.3 Å². The summed E-state index contributed by atoms with van der Waals surface area (Å²) in [5.41, 5.74) is 2.22. The Labute approximate surface area is 110 Å². The minimum absolute atomic E-state index is 0.0909. The minimum atomic E-state index is -0.0909. The third kappa shape index (κ3) is 3.64. The Morgan fingerprint density at radius 2 is 2.06 bits per heavy atom. The van der Waals surface area contributed by atoms with E-state index in [0.29, 0.717) is 0 Å². The molecule has 86 valence electrons. The highest BCUT2D eigenvalue weighted by atomic mass is 32.2. The topological polar surface area (TPSA) is 20.2 Å². The molecular formula is C14H12OS2. The average Bonchev–Trinajstić information content (AvgIpc) is 2.88. The Kier molecular flexibility index (Phi) is 4.69. The van der Waals surface area contributed by atoms with Crippen molar-refractivity contribution in [2.45, 2.75) is 9.96 Å². The van der Waals surface area contributed by atoms with E-state index in [9.17, 15) is 0 Å². The van der Waals surface area contributed by atoms with E-state index in [4.69, 9.17) is 5.11 Å². The van der Waals surface area contributed by atoms with Crippen LogP contribution in [0.25, 0.3) is 0 Å². The van der Waals surface area contributed by atoms with Crippen LogP contribution in [-0.4, -0.2) is 11.7 Å². The van der Waals surface area contributed by atoms with Crippen molar-refractivity contribution in [3.05, 3.63) is 52.9 Å². The normalized spacial score (nSPS) is 9.71. The first-order valence-electron chi connectivity index (χ1n) is 5.24. The van der Waals surface area contributed by atoms with Crippen LogP contribution in [0.2, 0.25) is 0 Å². The van der Waals surface area contributed by atoms with Crippen molar-refractivity contribution in [3.8, 4) is 11.8 Å². The Bertz CT molecular complexity index is 521. The number of hydrogen-bond acceptors (Lipinski definition) is 3. The molecule has 0 radical (unpaired) electrons. The summed E-state index contributed by atoms with van der Waals surface area (Å²) in [6.07, 6.45) is 0. The number of thioether (sulfide) groups is 1. The number of aliphatic hydroxyl groups is 1. The molecule has 1 heterocycles. The van der Waals surface area contributed by atoms with Crippen molar-refractivity contribution in [3.63, 3.8) is 0 Å². The van der Waals surface area contributed by atoms with Gasteiger partial charge in [0.05, 0.1) is 4.21 Å². The van der Waals surface area contributed by atoms with Gasteiger partial charge < -0.3 is 5.11 Å². The molecule has 0 bridgehead atoms. The number of benzene rings is 1. The van der Waals surface area contributed by atoms with E-state index in [1.807, 2.05) is 30.0 Å². The van der Waals surface area contributed by atoms with Gasteiger partial charge in [-0.25, -0.2) is 0 Å². The molecule has 2 aromatic rings. The fourth-order valence-corrected chi connectivity index (χ4v) is 3.19.